The van der Waals surface area contributed by atoms with Crippen LogP contribution in [0.4, 0.5) is 0 Å². The van der Waals surface area contributed by atoms with Crippen molar-refractivity contribution in [2.75, 3.05) is 33.2 Å². The molecule has 2 fully saturated rings. The van der Waals surface area contributed by atoms with Crippen LogP contribution >= 0.6 is 24.8 Å². The van der Waals surface area contributed by atoms with E-state index in [2.05, 4.69) is 54.4 Å². The van der Waals surface area contributed by atoms with Gasteiger partial charge in [-0.05, 0) is 42.7 Å². The number of halogens is 2. The predicted octanol–water partition coefficient (Wildman–Crippen LogP) is 3.44. The van der Waals surface area contributed by atoms with Crippen LogP contribution in [0.1, 0.15) is 32.3 Å². The average Bonchev–Trinajstić information content (AvgIpc) is 3.39. The fourth-order valence-corrected chi connectivity index (χ4v) is 4.40. The Hall–Kier alpha value is -0.810. The summed E-state index contributed by atoms with van der Waals surface area (Å²) in [6.07, 6.45) is 2.65. The number of rotatable bonds is 7. The highest BCUT2D eigenvalue weighted by Crippen LogP contribution is 2.28. The van der Waals surface area contributed by atoms with Crippen molar-refractivity contribution < 1.29 is 4.79 Å². The number of nitrogens with one attached hydrogen (secondary N) is 1. The molecule has 1 aromatic rings. The van der Waals surface area contributed by atoms with Crippen molar-refractivity contribution in [3.8, 4) is 0 Å². The molecule has 1 aliphatic heterocycles. The molecular weight excluding hydrogens is 381 g/mol. The lowest BCUT2D eigenvalue weighted by Crippen LogP contribution is -2.56. The van der Waals surface area contributed by atoms with Gasteiger partial charge in [0.05, 0.1) is 6.54 Å². The fraction of sp³-hybridized carbons (Fsp3) is 0.667. The normalized spacial score (nSPS) is 25.2. The van der Waals surface area contributed by atoms with Gasteiger partial charge in [0.1, 0.15) is 0 Å². The van der Waals surface area contributed by atoms with Gasteiger partial charge in [-0.2, -0.15) is 0 Å². The molecule has 1 aliphatic carbocycles. The summed E-state index contributed by atoms with van der Waals surface area (Å²) >= 11 is 0. The van der Waals surface area contributed by atoms with Crippen molar-refractivity contribution in [2.24, 2.45) is 17.8 Å². The zero-order chi connectivity index (χ0) is 17.8. The monoisotopic (exact) mass is 415 g/mol. The van der Waals surface area contributed by atoms with E-state index in [0.29, 0.717) is 24.4 Å². The second kappa shape index (κ2) is 11.3. The Morgan fingerprint density at radius 2 is 1.70 bits per heavy atom. The Morgan fingerprint density at radius 3 is 2.26 bits per heavy atom. The van der Waals surface area contributed by atoms with Gasteiger partial charge in [-0.1, -0.05) is 44.2 Å². The lowest BCUT2D eigenvalue weighted by molar-refractivity contribution is -0.134. The molecule has 0 bridgehead atoms. The van der Waals surface area contributed by atoms with Crippen molar-refractivity contribution in [1.82, 2.24) is 15.1 Å². The summed E-state index contributed by atoms with van der Waals surface area (Å²) in [7, 11) is 1.99. The maximum Gasteiger partial charge on any atom is 0.236 e. The van der Waals surface area contributed by atoms with Gasteiger partial charge in [-0.15, -0.1) is 24.8 Å². The molecule has 1 aromatic carbocycles. The number of amides is 1. The number of likely N-dealkylation sites (N-methyl/N-ethyl adjacent to an activating group) is 1. The molecule has 1 saturated heterocycles. The summed E-state index contributed by atoms with van der Waals surface area (Å²) in [4.78, 5) is 17.1. The molecule has 27 heavy (non-hydrogen) atoms. The Morgan fingerprint density at radius 1 is 1.11 bits per heavy atom. The standard InChI is InChI=1S/C21H33N3O.2ClH/c1-16-13-24(15-19-7-5-4-6-8-19)14-17(2)21(16)23(3)20(25)12-22-11-18-9-10-18;;/h4-8,16-18,21-22H,9-15H2,1-3H3;2*1H. The van der Waals surface area contributed by atoms with Crippen molar-refractivity contribution >= 4 is 30.7 Å². The summed E-state index contributed by atoms with van der Waals surface area (Å²) in [6, 6.07) is 11.0. The number of carbonyl (C=O) groups is 1. The van der Waals surface area contributed by atoms with Crippen LogP contribution in [0.5, 0.6) is 0 Å². The number of likely N-dealkylation sites (tertiary alicyclic amines) is 1. The number of nitrogens with zero attached hydrogens (tertiary/aromatic N) is 2. The Labute approximate surface area is 176 Å². The first-order valence-corrected chi connectivity index (χ1v) is 9.77. The summed E-state index contributed by atoms with van der Waals surface area (Å²) in [6.45, 7) is 9.17. The lowest BCUT2D eigenvalue weighted by atomic mass is 9.84. The summed E-state index contributed by atoms with van der Waals surface area (Å²) in [5.74, 6) is 2.03. The minimum atomic E-state index is 0. The maximum absolute atomic E-state index is 12.6. The van der Waals surface area contributed by atoms with Gasteiger partial charge in [0.2, 0.25) is 5.91 Å². The van der Waals surface area contributed by atoms with Gasteiger partial charge in [0.25, 0.3) is 0 Å². The molecule has 3 rings (SSSR count). The first-order valence-electron chi connectivity index (χ1n) is 9.77. The predicted molar refractivity (Wildman–Crippen MR) is 117 cm³/mol. The van der Waals surface area contributed by atoms with Gasteiger partial charge in [-0.3, -0.25) is 9.69 Å². The molecule has 2 unspecified atom stereocenters. The van der Waals surface area contributed by atoms with Crippen LogP contribution < -0.4 is 5.32 Å². The van der Waals surface area contributed by atoms with E-state index >= 15 is 0 Å². The van der Waals surface area contributed by atoms with E-state index in [1.54, 1.807) is 0 Å². The fourth-order valence-electron chi connectivity index (χ4n) is 4.40. The molecule has 2 aliphatic rings. The van der Waals surface area contributed by atoms with E-state index in [0.717, 1.165) is 32.1 Å². The first kappa shape index (κ1) is 24.2. The van der Waals surface area contributed by atoms with E-state index in [9.17, 15) is 4.79 Å². The number of carbonyl (C=O) groups excluding carboxylic acids is 1. The molecule has 1 heterocycles. The molecule has 2 atom stereocenters. The molecule has 0 aromatic heterocycles. The van der Waals surface area contributed by atoms with Crippen molar-refractivity contribution in [1.29, 1.82) is 0 Å². The number of hydrogen-bond donors (Lipinski definition) is 1. The molecular formula is C21H35Cl2N3O. The minimum Gasteiger partial charge on any atom is -0.341 e. The maximum atomic E-state index is 12.6. The number of piperidine rings is 1. The highest BCUT2D eigenvalue weighted by Gasteiger charge is 2.36. The smallest absolute Gasteiger partial charge is 0.236 e. The zero-order valence-corrected chi connectivity index (χ0v) is 18.4. The molecule has 1 amide bonds. The Kier molecular flexibility index (Phi) is 10.1. The van der Waals surface area contributed by atoms with Crippen LogP contribution in [0.2, 0.25) is 0 Å². The quantitative estimate of drug-likeness (QED) is 0.740. The Bertz CT molecular complexity index is 556. The van der Waals surface area contributed by atoms with Crippen LogP contribution in [0.15, 0.2) is 30.3 Å². The van der Waals surface area contributed by atoms with E-state index in [-0.39, 0.29) is 30.7 Å². The summed E-state index contributed by atoms with van der Waals surface area (Å²) in [5, 5.41) is 3.34. The van der Waals surface area contributed by atoms with Crippen LogP contribution in [-0.2, 0) is 11.3 Å². The van der Waals surface area contributed by atoms with Crippen LogP contribution in [0.25, 0.3) is 0 Å². The van der Waals surface area contributed by atoms with E-state index in [4.69, 9.17) is 0 Å². The molecule has 6 heteroatoms. The first-order chi connectivity index (χ1) is 12.0. The van der Waals surface area contributed by atoms with Crippen molar-refractivity contribution in [3.63, 3.8) is 0 Å². The third kappa shape index (κ3) is 6.94. The van der Waals surface area contributed by atoms with Gasteiger partial charge < -0.3 is 10.2 Å². The van der Waals surface area contributed by atoms with E-state index in [1.807, 2.05) is 11.9 Å². The lowest BCUT2D eigenvalue weighted by Gasteiger charge is -2.45. The minimum absolute atomic E-state index is 0. The second-order valence-electron chi connectivity index (χ2n) is 8.20. The van der Waals surface area contributed by atoms with E-state index in [1.165, 1.54) is 18.4 Å². The van der Waals surface area contributed by atoms with Gasteiger partial charge >= 0.3 is 0 Å². The molecule has 154 valence electrons. The van der Waals surface area contributed by atoms with Crippen LogP contribution in [-0.4, -0.2) is 55.0 Å². The summed E-state index contributed by atoms with van der Waals surface area (Å²) in [5.41, 5.74) is 1.37. The third-order valence-corrected chi connectivity index (χ3v) is 5.75. The largest absolute Gasteiger partial charge is 0.341 e. The highest BCUT2D eigenvalue weighted by atomic mass is 35.5. The topological polar surface area (TPSA) is 35.6 Å². The molecule has 1 saturated carbocycles. The van der Waals surface area contributed by atoms with Crippen molar-refractivity contribution in [3.05, 3.63) is 35.9 Å². The number of benzene rings is 1. The number of hydrogen-bond acceptors (Lipinski definition) is 3. The zero-order valence-electron chi connectivity index (χ0n) is 16.8. The highest BCUT2D eigenvalue weighted by molar-refractivity contribution is 5.85. The average molecular weight is 416 g/mol. The molecule has 0 spiro atoms. The molecule has 4 nitrogen and oxygen atoms in total. The van der Waals surface area contributed by atoms with Crippen LogP contribution in [0.3, 0.4) is 0 Å². The van der Waals surface area contributed by atoms with Gasteiger partial charge in [0, 0.05) is 32.7 Å². The Balaban J connectivity index is 0.00000182. The second-order valence-corrected chi connectivity index (χ2v) is 8.20. The van der Waals surface area contributed by atoms with E-state index < -0.39 is 0 Å². The van der Waals surface area contributed by atoms with Crippen LogP contribution in [0, 0.1) is 17.8 Å². The molecule has 0 radical (unpaired) electrons. The SMILES string of the molecule is CC1CN(Cc2ccccc2)CC(C)C1N(C)C(=O)CNCC1CC1.Cl.Cl. The van der Waals surface area contributed by atoms with Crippen molar-refractivity contribution in [2.45, 2.75) is 39.3 Å². The van der Waals surface area contributed by atoms with Gasteiger partial charge in [-0.25, -0.2) is 0 Å². The molecule has 1 N–H and O–H groups in total. The summed E-state index contributed by atoms with van der Waals surface area (Å²) < 4.78 is 0. The third-order valence-electron chi connectivity index (χ3n) is 5.75. The van der Waals surface area contributed by atoms with Gasteiger partial charge in [0.15, 0.2) is 0 Å².